The molecule has 5 nitrogen and oxygen atoms in total. The van der Waals surface area contributed by atoms with E-state index in [-0.39, 0.29) is 11.5 Å². The number of benzene rings is 1. The second-order valence-electron chi connectivity index (χ2n) is 4.02. The molecule has 2 heterocycles. The van der Waals surface area contributed by atoms with Crippen molar-refractivity contribution >= 4 is 28.6 Å². The maximum atomic E-state index is 12.1. The quantitative estimate of drug-likeness (QED) is 0.711. The van der Waals surface area contributed by atoms with Crippen molar-refractivity contribution in [3.05, 3.63) is 51.9 Å². The molecule has 0 amide bonds. The minimum Gasteiger partial charge on any atom is -0.368 e. The van der Waals surface area contributed by atoms with E-state index < -0.39 is 0 Å². The summed E-state index contributed by atoms with van der Waals surface area (Å²) in [5, 5.41) is 1.22. The number of rotatable bonds is 1. The van der Waals surface area contributed by atoms with E-state index in [1.807, 2.05) is 12.1 Å². The molecule has 0 aliphatic rings. The van der Waals surface area contributed by atoms with Crippen LogP contribution in [0.15, 0.2) is 41.3 Å². The monoisotopic (exact) mass is 272 g/mol. The predicted octanol–water partition coefficient (Wildman–Crippen LogP) is 2.22. The number of nitrogens with two attached hydrogens (primary N) is 1. The Balaban J connectivity index is 2.31. The van der Waals surface area contributed by atoms with E-state index in [1.54, 1.807) is 24.4 Å². The van der Waals surface area contributed by atoms with Crippen molar-refractivity contribution in [2.45, 2.75) is 0 Å². The number of hydrogen-bond donors (Lipinski definition) is 2. The van der Waals surface area contributed by atoms with E-state index in [1.165, 1.54) is 0 Å². The van der Waals surface area contributed by atoms with Gasteiger partial charge in [-0.3, -0.25) is 4.79 Å². The number of nitrogens with zero attached hydrogens (tertiary/aromatic N) is 2. The average molecular weight is 273 g/mol. The van der Waals surface area contributed by atoms with E-state index in [4.69, 9.17) is 17.3 Å². The molecule has 0 unspecified atom stereocenters. The van der Waals surface area contributed by atoms with Crippen LogP contribution in [0.25, 0.3) is 22.2 Å². The van der Waals surface area contributed by atoms with Crippen LogP contribution in [0.3, 0.4) is 0 Å². The van der Waals surface area contributed by atoms with Crippen LogP contribution in [-0.4, -0.2) is 15.0 Å². The van der Waals surface area contributed by atoms with Crippen molar-refractivity contribution < 1.29 is 0 Å². The van der Waals surface area contributed by atoms with Gasteiger partial charge in [-0.1, -0.05) is 29.8 Å². The molecule has 0 aliphatic carbocycles. The molecule has 3 aromatic rings. The van der Waals surface area contributed by atoms with Crippen LogP contribution in [0.5, 0.6) is 0 Å². The molecule has 6 heteroatoms. The van der Waals surface area contributed by atoms with Gasteiger partial charge in [0.25, 0.3) is 5.56 Å². The zero-order chi connectivity index (χ0) is 13.4. The largest absolute Gasteiger partial charge is 0.368 e. The lowest BCUT2D eigenvalue weighted by Crippen LogP contribution is -2.10. The summed E-state index contributed by atoms with van der Waals surface area (Å²) < 4.78 is 0. The van der Waals surface area contributed by atoms with Crippen molar-refractivity contribution in [1.29, 1.82) is 0 Å². The summed E-state index contributed by atoms with van der Waals surface area (Å²) in [7, 11) is 0. The van der Waals surface area contributed by atoms with E-state index >= 15 is 0 Å². The van der Waals surface area contributed by atoms with Crippen LogP contribution >= 0.6 is 11.6 Å². The molecule has 0 aliphatic heterocycles. The van der Waals surface area contributed by atoms with Gasteiger partial charge in [0.2, 0.25) is 5.95 Å². The van der Waals surface area contributed by atoms with Crippen LogP contribution in [-0.2, 0) is 0 Å². The predicted molar refractivity (Wildman–Crippen MR) is 75.0 cm³/mol. The summed E-state index contributed by atoms with van der Waals surface area (Å²) >= 11 is 6.10. The molecule has 0 fully saturated rings. The molecule has 1 aromatic carbocycles. The molecular weight excluding hydrogens is 264 g/mol. The number of aromatic amines is 1. The highest BCUT2D eigenvalue weighted by Crippen LogP contribution is 2.26. The molecule has 94 valence electrons. The molecule has 0 saturated carbocycles. The lowest BCUT2D eigenvalue weighted by molar-refractivity contribution is 1.17. The Hall–Kier alpha value is -2.40. The Kier molecular flexibility index (Phi) is 2.68. The fraction of sp³-hybridized carbons (Fsp3) is 0. The summed E-state index contributed by atoms with van der Waals surface area (Å²) in [5.41, 5.74) is 6.78. The fourth-order valence-corrected chi connectivity index (χ4v) is 2.12. The summed E-state index contributed by atoms with van der Waals surface area (Å²) in [6.07, 6.45) is 1.56. The van der Waals surface area contributed by atoms with E-state index in [0.717, 1.165) is 0 Å². The van der Waals surface area contributed by atoms with Crippen LogP contribution in [0.2, 0.25) is 5.02 Å². The number of halogens is 1. The van der Waals surface area contributed by atoms with Crippen molar-refractivity contribution in [3.63, 3.8) is 0 Å². The lowest BCUT2D eigenvalue weighted by atomic mass is 10.1. The zero-order valence-corrected chi connectivity index (χ0v) is 10.5. The first-order valence-corrected chi connectivity index (χ1v) is 5.93. The first-order valence-electron chi connectivity index (χ1n) is 5.55. The van der Waals surface area contributed by atoms with Crippen LogP contribution < -0.4 is 11.3 Å². The molecule has 19 heavy (non-hydrogen) atoms. The van der Waals surface area contributed by atoms with Gasteiger partial charge in [0.1, 0.15) is 5.65 Å². The Labute approximate surface area is 113 Å². The van der Waals surface area contributed by atoms with Crippen molar-refractivity contribution in [2.24, 2.45) is 0 Å². The summed E-state index contributed by atoms with van der Waals surface area (Å²) in [6.45, 7) is 0. The van der Waals surface area contributed by atoms with Gasteiger partial charge in [-0.15, -0.1) is 0 Å². The van der Waals surface area contributed by atoms with Crippen molar-refractivity contribution in [2.75, 3.05) is 5.73 Å². The number of pyridine rings is 1. The molecule has 0 atom stereocenters. The number of nitrogen functional groups attached to an aromatic ring is 1. The van der Waals surface area contributed by atoms with Crippen LogP contribution in [0.4, 0.5) is 5.95 Å². The van der Waals surface area contributed by atoms with Crippen LogP contribution in [0, 0.1) is 0 Å². The SMILES string of the molecule is Nc1ncc2cc(-c3ccccc3Cl)c(=O)[nH]c2n1. The van der Waals surface area contributed by atoms with Crippen LogP contribution in [0.1, 0.15) is 0 Å². The number of fused-ring (bicyclic) bond motifs is 1. The molecule has 3 rings (SSSR count). The average Bonchev–Trinajstić information content (AvgIpc) is 2.39. The Morgan fingerprint density at radius 2 is 2.00 bits per heavy atom. The normalized spacial score (nSPS) is 10.8. The highest BCUT2D eigenvalue weighted by Gasteiger charge is 2.09. The van der Waals surface area contributed by atoms with Gasteiger partial charge in [-0.05, 0) is 12.1 Å². The third-order valence-corrected chi connectivity index (χ3v) is 3.11. The topological polar surface area (TPSA) is 84.7 Å². The van der Waals surface area contributed by atoms with E-state index in [2.05, 4.69) is 15.0 Å². The van der Waals surface area contributed by atoms with Crippen molar-refractivity contribution in [1.82, 2.24) is 15.0 Å². The molecule has 0 spiro atoms. The second-order valence-corrected chi connectivity index (χ2v) is 4.43. The Bertz CT molecular complexity index is 828. The lowest BCUT2D eigenvalue weighted by Gasteiger charge is -2.05. The molecule has 0 radical (unpaired) electrons. The van der Waals surface area contributed by atoms with Gasteiger partial charge in [-0.2, -0.15) is 4.98 Å². The molecule has 3 N–H and O–H groups in total. The minimum absolute atomic E-state index is 0.119. The van der Waals surface area contributed by atoms with Gasteiger partial charge < -0.3 is 10.7 Å². The maximum absolute atomic E-state index is 12.1. The smallest absolute Gasteiger partial charge is 0.257 e. The maximum Gasteiger partial charge on any atom is 0.257 e. The number of H-pyrrole nitrogens is 1. The summed E-state index contributed by atoms with van der Waals surface area (Å²) in [5.74, 6) is 0.119. The first kappa shape index (κ1) is 11.7. The van der Waals surface area contributed by atoms with E-state index in [9.17, 15) is 4.79 Å². The zero-order valence-electron chi connectivity index (χ0n) is 9.72. The molecular formula is C13H9ClN4O. The second kappa shape index (κ2) is 4.37. The third kappa shape index (κ3) is 2.04. The third-order valence-electron chi connectivity index (χ3n) is 2.78. The first-order chi connectivity index (χ1) is 9.15. The van der Waals surface area contributed by atoms with Gasteiger partial charge in [-0.25, -0.2) is 4.98 Å². The van der Waals surface area contributed by atoms with Gasteiger partial charge in [0.15, 0.2) is 0 Å². The molecule has 2 aromatic heterocycles. The van der Waals surface area contributed by atoms with Gasteiger partial charge >= 0.3 is 0 Å². The number of anilines is 1. The minimum atomic E-state index is -0.265. The standard InChI is InChI=1S/C13H9ClN4O/c14-10-4-2-1-3-8(10)9-5-7-6-16-13(15)18-11(7)17-12(9)19/h1-6H,(H3,15,16,17,18,19). The highest BCUT2D eigenvalue weighted by atomic mass is 35.5. The van der Waals surface area contributed by atoms with Crippen molar-refractivity contribution in [3.8, 4) is 11.1 Å². The van der Waals surface area contributed by atoms with Gasteiger partial charge in [0, 0.05) is 27.7 Å². The number of aromatic nitrogens is 3. The summed E-state index contributed by atoms with van der Waals surface area (Å²) in [4.78, 5) is 22.6. The molecule has 0 saturated heterocycles. The number of hydrogen-bond acceptors (Lipinski definition) is 4. The Morgan fingerprint density at radius 3 is 2.79 bits per heavy atom. The number of nitrogens with one attached hydrogen (secondary N) is 1. The Morgan fingerprint density at radius 1 is 1.21 bits per heavy atom. The summed E-state index contributed by atoms with van der Waals surface area (Å²) in [6, 6.07) is 8.86. The highest BCUT2D eigenvalue weighted by molar-refractivity contribution is 6.33. The van der Waals surface area contributed by atoms with Gasteiger partial charge in [0.05, 0.1) is 0 Å². The molecule has 0 bridgehead atoms. The fourth-order valence-electron chi connectivity index (χ4n) is 1.89. The van der Waals surface area contributed by atoms with E-state index in [0.29, 0.717) is 27.2 Å².